The van der Waals surface area contributed by atoms with Crippen LogP contribution in [0, 0.1) is 34.5 Å². The van der Waals surface area contributed by atoms with E-state index in [0.29, 0.717) is 5.57 Å². The molecule has 2 saturated carbocycles. The van der Waals surface area contributed by atoms with Gasteiger partial charge in [0.2, 0.25) is 0 Å². The number of rotatable bonds is 0. The second kappa shape index (κ2) is 7.23. The number of Topliss-reactive ketones (excluding diaryl/α,β-unsaturated/α-hetero) is 1. The van der Waals surface area contributed by atoms with Gasteiger partial charge in [-0.15, -0.1) is 0 Å². The molecule has 0 saturated heterocycles. The zero-order valence-corrected chi connectivity index (χ0v) is 12.7. The summed E-state index contributed by atoms with van der Waals surface area (Å²) in [5.41, 5.74) is 1.50. The largest absolute Gasteiger partial charge is 0.294 e. The Bertz CT molecular complexity index is 541. The number of carbonyl (C=O) groups is 1. The molecule has 0 aromatic carbocycles. The van der Waals surface area contributed by atoms with Crippen molar-refractivity contribution in [3.63, 3.8) is 0 Å². The van der Waals surface area contributed by atoms with Gasteiger partial charge in [-0.25, -0.2) is 0 Å². The molecule has 3 nitrogen and oxygen atoms in total. The maximum Gasteiger partial charge on any atom is 0.166 e. The molecule has 2 fully saturated rings. The van der Waals surface area contributed by atoms with Crippen molar-refractivity contribution < 1.29 is 4.79 Å². The Kier molecular flexibility index (Phi) is 5.34. The van der Waals surface area contributed by atoms with Gasteiger partial charge in [-0.05, 0) is 31.3 Å². The average Bonchev–Trinajstić information content (AvgIpc) is 2.77. The predicted molar refractivity (Wildman–Crippen MR) is 80.9 cm³/mol. The summed E-state index contributed by atoms with van der Waals surface area (Å²) >= 11 is 0. The van der Waals surface area contributed by atoms with Crippen molar-refractivity contribution in [2.24, 2.45) is 11.8 Å². The fourth-order valence-corrected chi connectivity index (χ4v) is 3.79. The second-order valence-electron chi connectivity index (χ2n) is 5.99. The van der Waals surface area contributed by atoms with Crippen molar-refractivity contribution >= 4 is 5.78 Å². The molecule has 0 aliphatic heterocycles. The number of allylic oxidation sites excluding steroid dienone is 4. The van der Waals surface area contributed by atoms with Crippen LogP contribution >= 0.6 is 0 Å². The summed E-state index contributed by atoms with van der Waals surface area (Å²) in [5, 5.41) is 18.5. The zero-order chi connectivity index (χ0) is 15.2. The Balaban J connectivity index is 2.44. The van der Waals surface area contributed by atoms with Crippen molar-refractivity contribution in [1.29, 1.82) is 10.5 Å². The highest BCUT2D eigenvalue weighted by atomic mass is 16.1. The van der Waals surface area contributed by atoms with Crippen LogP contribution in [0.4, 0.5) is 0 Å². The fourth-order valence-electron chi connectivity index (χ4n) is 3.79. The van der Waals surface area contributed by atoms with Crippen LogP contribution in [-0.4, -0.2) is 5.78 Å². The molecule has 3 heteroatoms. The van der Waals surface area contributed by atoms with Crippen LogP contribution in [0.25, 0.3) is 0 Å². The summed E-state index contributed by atoms with van der Waals surface area (Å²) in [6, 6.07) is 4.00. The lowest BCUT2D eigenvalue weighted by Crippen LogP contribution is -2.16. The standard InChI is InChI=1S/C18H22N2O/c1-2-14-17(13(11-19)12-20)15-9-7-5-3-4-6-8-10-16(15)18(14)21/h2,15-16H,3-10H2,1H3. The van der Waals surface area contributed by atoms with E-state index >= 15 is 0 Å². The summed E-state index contributed by atoms with van der Waals surface area (Å²) in [6.07, 6.45) is 10.7. The van der Waals surface area contributed by atoms with E-state index in [1.165, 1.54) is 25.7 Å². The Morgan fingerprint density at radius 3 is 2.05 bits per heavy atom. The first-order chi connectivity index (χ1) is 10.2. The van der Waals surface area contributed by atoms with Crippen molar-refractivity contribution in [3.8, 4) is 12.1 Å². The summed E-state index contributed by atoms with van der Waals surface area (Å²) in [5.74, 6) is 0.221. The quantitative estimate of drug-likeness (QED) is 0.493. The average molecular weight is 282 g/mol. The van der Waals surface area contributed by atoms with Crippen LogP contribution < -0.4 is 0 Å². The molecule has 0 amide bonds. The van der Waals surface area contributed by atoms with E-state index in [1.807, 2.05) is 19.1 Å². The van der Waals surface area contributed by atoms with Gasteiger partial charge in [-0.1, -0.05) is 44.6 Å². The van der Waals surface area contributed by atoms with Crippen LogP contribution in [-0.2, 0) is 4.79 Å². The van der Waals surface area contributed by atoms with Gasteiger partial charge in [0.25, 0.3) is 0 Å². The van der Waals surface area contributed by atoms with E-state index in [4.69, 9.17) is 0 Å². The normalized spacial score (nSPS) is 28.6. The highest BCUT2D eigenvalue weighted by molar-refractivity contribution is 6.05. The van der Waals surface area contributed by atoms with Crippen LogP contribution in [0.5, 0.6) is 0 Å². The van der Waals surface area contributed by atoms with Gasteiger partial charge in [0.15, 0.2) is 5.78 Å². The van der Waals surface area contributed by atoms with Crippen molar-refractivity contribution in [2.45, 2.75) is 58.3 Å². The third-order valence-electron chi connectivity index (χ3n) is 4.81. The number of hydrogen-bond acceptors (Lipinski definition) is 3. The molecule has 21 heavy (non-hydrogen) atoms. The first-order valence-corrected chi connectivity index (χ1v) is 7.99. The topological polar surface area (TPSA) is 64.7 Å². The molecule has 2 aliphatic carbocycles. The molecule has 0 heterocycles. The minimum Gasteiger partial charge on any atom is -0.294 e. The van der Waals surface area contributed by atoms with Gasteiger partial charge in [0.05, 0.1) is 0 Å². The first kappa shape index (κ1) is 15.5. The van der Waals surface area contributed by atoms with Crippen molar-refractivity contribution in [2.75, 3.05) is 0 Å². The number of nitriles is 2. The van der Waals surface area contributed by atoms with Crippen LogP contribution in [0.15, 0.2) is 22.8 Å². The smallest absolute Gasteiger partial charge is 0.166 e. The van der Waals surface area contributed by atoms with E-state index in [1.54, 1.807) is 6.08 Å². The highest BCUT2D eigenvalue weighted by Crippen LogP contribution is 2.45. The van der Waals surface area contributed by atoms with E-state index in [-0.39, 0.29) is 23.2 Å². The summed E-state index contributed by atoms with van der Waals surface area (Å²) in [6.45, 7) is 1.83. The zero-order valence-electron chi connectivity index (χ0n) is 12.7. The van der Waals surface area contributed by atoms with Gasteiger partial charge in [-0.2, -0.15) is 10.5 Å². The van der Waals surface area contributed by atoms with E-state index < -0.39 is 0 Å². The molecular formula is C18H22N2O. The third kappa shape index (κ3) is 3.08. The fraction of sp³-hybridized carbons (Fsp3) is 0.611. The van der Waals surface area contributed by atoms with Crippen LogP contribution in [0.2, 0.25) is 0 Å². The second-order valence-corrected chi connectivity index (χ2v) is 5.99. The molecule has 2 aliphatic rings. The number of nitrogens with zero attached hydrogens (tertiary/aromatic N) is 2. The first-order valence-electron chi connectivity index (χ1n) is 7.99. The molecule has 0 bridgehead atoms. The lowest BCUT2D eigenvalue weighted by Gasteiger charge is -2.20. The van der Waals surface area contributed by atoms with Gasteiger partial charge in [-0.3, -0.25) is 4.79 Å². The molecule has 0 N–H and O–H groups in total. The van der Waals surface area contributed by atoms with Crippen molar-refractivity contribution in [3.05, 3.63) is 22.8 Å². The Hall–Kier alpha value is -1.87. The minimum absolute atomic E-state index is 0.0130. The Morgan fingerprint density at radius 1 is 1.00 bits per heavy atom. The van der Waals surface area contributed by atoms with E-state index in [2.05, 4.69) is 0 Å². The maximum atomic E-state index is 12.7. The monoisotopic (exact) mass is 282 g/mol. The number of fused-ring (bicyclic) bond motifs is 1. The number of carbonyl (C=O) groups excluding carboxylic acids is 1. The van der Waals surface area contributed by atoms with Gasteiger partial charge < -0.3 is 0 Å². The third-order valence-corrected chi connectivity index (χ3v) is 4.81. The maximum absolute atomic E-state index is 12.7. The number of ketones is 1. The molecule has 0 radical (unpaired) electrons. The molecule has 0 spiro atoms. The SMILES string of the molecule is CC=C1C(=O)C2CCCCCCCCC2C1=C(C#N)C#N. The summed E-state index contributed by atoms with van der Waals surface area (Å²) in [7, 11) is 0. The molecule has 2 atom stereocenters. The summed E-state index contributed by atoms with van der Waals surface area (Å²) < 4.78 is 0. The van der Waals surface area contributed by atoms with Crippen LogP contribution in [0.1, 0.15) is 58.3 Å². The summed E-state index contributed by atoms with van der Waals surface area (Å²) in [4.78, 5) is 12.7. The van der Waals surface area contributed by atoms with Gasteiger partial charge in [0, 0.05) is 11.5 Å². The van der Waals surface area contributed by atoms with Crippen LogP contribution in [0.3, 0.4) is 0 Å². The van der Waals surface area contributed by atoms with E-state index in [0.717, 1.165) is 31.3 Å². The minimum atomic E-state index is -0.0130. The molecule has 2 rings (SSSR count). The van der Waals surface area contributed by atoms with Crippen molar-refractivity contribution in [1.82, 2.24) is 0 Å². The Labute approximate surface area is 126 Å². The van der Waals surface area contributed by atoms with Gasteiger partial charge in [0.1, 0.15) is 17.7 Å². The molecule has 2 unspecified atom stereocenters. The molecule has 0 aromatic heterocycles. The predicted octanol–water partition coefficient (Wildman–Crippen LogP) is 4.23. The Morgan fingerprint density at radius 2 is 1.52 bits per heavy atom. The lowest BCUT2D eigenvalue weighted by molar-refractivity contribution is -0.118. The number of hydrogen-bond donors (Lipinski definition) is 0. The molecule has 110 valence electrons. The van der Waals surface area contributed by atoms with Gasteiger partial charge >= 0.3 is 0 Å². The molecule has 0 aromatic rings. The van der Waals surface area contributed by atoms with E-state index in [9.17, 15) is 15.3 Å². The molecular weight excluding hydrogens is 260 g/mol. The lowest BCUT2D eigenvalue weighted by atomic mass is 9.82. The highest BCUT2D eigenvalue weighted by Gasteiger charge is 2.42.